The third kappa shape index (κ3) is 2.81. The molecule has 0 N–H and O–H groups in total. The van der Waals surface area contributed by atoms with Crippen molar-refractivity contribution in [3.8, 4) is 0 Å². The summed E-state index contributed by atoms with van der Waals surface area (Å²) in [5.41, 5.74) is 0.704. The van der Waals surface area contributed by atoms with Crippen LogP contribution in [0.4, 0.5) is 0 Å². The average Bonchev–Trinajstić information content (AvgIpc) is 1.83. The molecule has 0 bridgehead atoms. The quantitative estimate of drug-likeness (QED) is 0.421. The van der Waals surface area contributed by atoms with Gasteiger partial charge in [-0.3, -0.25) is 0 Å². The van der Waals surface area contributed by atoms with Crippen molar-refractivity contribution in [2.24, 2.45) is 0 Å². The molecule has 0 spiro atoms. The maximum atomic E-state index is 9.99. The molecule has 0 aliphatic carbocycles. The molecule has 0 fully saturated rings. The molecule has 1 nitrogen and oxygen atoms in total. The molecule has 42 valence electrons. The second kappa shape index (κ2) is 4.86. The molecule has 0 saturated carbocycles. The Hall–Kier alpha value is -0.292. The molecule has 0 radical (unpaired) electrons. The first-order valence-corrected chi connectivity index (χ1v) is 3.77. The minimum atomic E-state index is 0.704. The van der Waals surface area contributed by atoms with Crippen LogP contribution in [0.1, 0.15) is 0 Å². The van der Waals surface area contributed by atoms with E-state index in [1.165, 1.54) is 19.4 Å². The van der Waals surface area contributed by atoms with Crippen LogP contribution in [0.5, 0.6) is 0 Å². The Labute approximate surface area is 59.5 Å². The second-order valence-electron chi connectivity index (χ2n) is 1.14. The van der Waals surface area contributed by atoms with Crippen molar-refractivity contribution in [2.45, 2.75) is 0 Å². The molecule has 0 unspecified atom stereocenters. The molecular weight excluding hydrogens is 272 g/mol. The van der Waals surface area contributed by atoms with Crippen LogP contribution in [-0.4, -0.2) is 10.7 Å². The van der Waals surface area contributed by atoms with E-state index < -0.39 is 0 Å². The molecule has 2 heteroatoms. The van der Waals surface area contributed by atoms with Crippen LogP contribution in [0.2, 0.25) is 0 Å². The van der Waals surface area contributed by atoms with Gasteiger partial charge in [0.2, 0.25) is 0 Å². The summed E-state index contributed by atoms with van der Waals surface area (Å²) in [5, 5.41) is 0. The van der Waals surface area contributed by atoms with Crippen molar-refractivity contribution in [2.75, 3.05) is 0 Å². The maximum absolute atomic E-state index is 9.99. The van der Waals surface area contributed by atoms with Crippen LogP contribution in [0.15, 0.2) is 24.3 Å². The molecule has 0 heterocycles. The normalized spacial score (nSPS) is 10.2. The van der Waals surface area contributed by atoms with Crippen molar-refractivity contribution in [3.63, 3.8) is 0 Å². The zero-order chi connectivity index (χ0) is 6.41. The van der Waals surface area contributed by atoms with E-state index in [1.807, 2.05) is 4.40 Å². The van der Waals surface area contributed by atoms with Gasteiger partial charge in [-0.15, -0.1) is 0 Å². The summed E-state index contributed by atoms with van der Waals surface area (Å²) in [6, 6.07) is 0. The Bertz CT molecular complexity index is 125. The number of carbonyl (C=O) groups excluding carboxylic acids is 1. The minimum absolute atomic E-state index is 0.704. The molecule has 8 heavy (non-hydrogen) atoms. The fourth-order valence-corrected chi connectivity index (χ4v) is 0.724. The zero-order valence-electron chi connectivity index (χ0n) is 4.33. The molecule has 0 aliphatic rings. The molecule has 0 aromatic carbocycles. The van der Waals surface area contributed by atoms with Crippen LogP contribution < -0.4 is 0 Å². The molecule has 0 rings (SSSR count). The molecule has 0 saturated heterocycles. The monoisotopic (exact) mass is 278 g/mol. The number of hydrogen-bond donors (Lipinski definition) is 0. The summed E-state index contributed by atoms with van der Waals surface area (Å²) in [7, 11) is 0. The van der Waals surface area contributed by atoms with Gasteiger partial charge in [-0.1, -0.05) is 0 Å². The Balaban J connectivity index is 4.05. The van der Waals surface area contributed by atoms with Crippen LogP contribution >= 0.6 is 0 Å². The summed E-state index contributed by atoms with van der Waals surface area (Å²) in [6.45, 7) is 3.45. The van der Waals surface area contributed by atoms with E-state index in [0.29, 0.717) is 5.57 Å². The van der Waals surface area contributed by atoms with Crippen LogP contribution in [0, 0.1) is 0 Å². The van der Waals surface area contributed by atoms with E-state index in [9.17, 15) is 4.79 Å². The molecule has 0 aromatic rings. The van der Waals surface area contributed by atoms with E-state index in [1.54, 1.807) is 12.2 Å². The van der Waals surface area contributed by atoms with Gasteiger partial charge in [0.25, 0.3) is 0 Å². The van der Waals surface area contributed by atoms with Gasteiger partial charge in [-0.25, -0.2) is 0 Å². The molecule has 0 aliphatic heterocycles. The van der Waals surface area contributed by atoms with Gasteiger partial charge >= 0.3 is 59.1 Å². The van der Waals surface area contributed by atoms with Gasteiger partial charge in [0.15, 0.2) is 0 Å². The van der Waals surface area contributed by atoms with Gasteiger partial charge in [0, 0.05) is 0 Å². The number of hydrogen-bond acceptors (Lipinski definition) is 1. The second-order valence-corrected chi connectivity index (χ2v) is 1.98. The van der Waals surface area contributed by atoms with Crippen LogP contribution in [0.3, 0.4) is 0 Å². The van der Waals surface area contributed by atoms with Gasteiger partial charge in [-0.05, 0) is 0 Å². The van der Waals surface area contributed by atoms with E-state index in [-0.39, 0.29) is 0 Å². The predicted molar refractivity (Wildman–Crippen MR) is 30.4 cm³/mol. The van der Waals surface area contributed by atoms with Crippen molar-refractivity contribution < 1.29 is 24.1 Å². The number of allylic oxidation sites excluding steroid dienone is 3. The molecule has 0 atom stereocenters. The number of aldehydes is 1. The summed E-state index contributed by atoms with van der Waals surface area (Å²) < 4.78 is 1.81. The molecule has 0 amide bonds. The standard InChI is InChI=1S/C6H6O.W/c1-3-4-6(2)5-7;/h2-5H,1H2;/b6-4+;. The fraction of sp³-hybridized carbons (Fsp3) is 0. The average molecular weight is 278 g/mol. The van der Waals surface area contributed by atoms with Crippen molar-refractivity contribution in [1.29, 1.82) is 0 Å². The van der Waals surface area contributed by atoms with Gasteiger partial charge in [-0.2, -0.15) is 0 Å². The number of carbonyl (C=O) groups is 1. The molecular formula is C6H6OW. The Morgan fingerprint density at radius 2 is 2.25 bits per heavy atom. The van der Waals surface area contributed by atoms with Crippen LogP contribution in [0.25, 0.3) is 0 Å². The zero-order valence-corrected chi connectivity index (χ0v) is 7.27. The summed E-state index contributed by atoms with van der Waals surface area (Å²) >= 11 is 1.28. The van der Waals surface area contributed by atoms with Gasteiger partial charge < -0.3 is 0 Å². The fourth-order valence-electron chi connectivity index (χ4n) is 0.242. The Morgan fingerprint density at radius 1 is 1.62 bits per heavy atom. The van der Waals surface area contributed by atoms with Gasteiger partial charge in [0.05, 0.1) is 0 Å². The van der Waals surface area contributed by atoms with E-state index in [2.05, 4.69) is 6.58 Å². The van der Waals surface area contributed by atoms with Crippen LogP contribution in [-0.2, 0) is 24.1 Å². The van der Waals surface area contributed by atoms with E-state index >= 15 is 0 Å². The van der Waals surface area contributed by atoms with Crippen molar-refractivity contribution >= 4 is 10.7 Å². The predicted octanol–water partition coefficient (Wildman–Crippen LogP) is 0.647. The van der Waals surface area contributed by atoms with E-state index in [4.69, 9.17) is 0 Å². The Kier molecular flexibility index (Phi) is 4.68. The third-order valence-corrected chi connectivity index (χ3v) is 1.56. The van der Waals surface area contributed by atoms with Crippen molar-refractivity contribution in [3.05, 3.63) is 24.3 Å². The third-order valence-electron chi connectivity index (χ3n) is 0.582. The Morgan fingerprint density at radius 3 is 2.38 bits per heavy atom. The first-order valence-electron chi connectivity index (χ1n) is 2.08. The number of rotatable bonds is 3. The van der Waals surface area contributed by atoms with Gasteiger partial charge in [0.1, 0.15) is 0 Å². The summed E-state index contributed by atoms with van der Waals surface area (Å²) in [4.78, 5) is 9.99. The SMILES string of the molecule is C=C/C=C(/C=O)[CH]=[W]. The topological polar surface area (TPSA) is 17.1 Å². The summed E-state index contributed by atoms with van der Waals surface area (Å²) in [5.74, 6) is 0. The van der Waals surface area contributed by atoms with E-state index in [0.717, 1.165) is 6.29 Å². The molecule has 0 aromatic heterocycles. The summed E-state index contributed by atoms with van der Waals surface area (Å²) in [6.07, 6.45) is 4.10. The van der Waals surface area contributed by atoms with Crippen molar-refractivity contribution in [1.82, 2.24) is 0 Å². The first-order chi connectivity index (χ1) is 3.85. The first kappa shape index (κ1) is 7.71.